The van der Waals surface area contributed by atoms with Gasteiger partial charge in [-0.25, -0.2) is 4.98 Å². The molecule has 0 spiro atoms. The first-order valence-electron chi connectivity index (χ1n) is 4.91. The monoisotopic (exact) mass is 295 g/mol. The van der Waals surface area contributed by atoms with E-state index in [-0.39, 0.29) is 0 Å². The predicted molar refractivity (Wildman–Crippen MR) is 69.7 cm³/mol. The van der Waals surface area contributed by atoms with Crippen LogP contribution in [0, 0.1) is 4.64 Å². The molecule has 0 aliphatic heterocycles. The van der Waals surface area contributed by atoms with Gasteiger partial charge in [0.2, 0.25) is 0 Å². The van der Waals surface area contributed by atoms with Crippen LogP contribution in [0.4, 0.5) is 0 Å². The summed E-state index contributed by atoms with van der Waals surface area (Å²) in [6.07, 6.45) is 4.36. The summed E-state index contributed by atoms with van der Waals surface area (Å²) in [5.74, 6) is 0.785. The van der Waals surface area contributed by atoms with Gasteiger partial charge in [0, 0.05) is 23.7 Å². The van der Waals surface area contributed by atoms with Crippen LogP contribution in [0.3, 0.4) is 0 Å². The van der Waals surface area contributed by atoms with Gasteiger partial charge in [0.1, 0.15) is 10.5 Å². The van der Waals surface area contributed by atoms with Gasteiger partial charge in [-0.1, -0.05) is 19.1 Å². The Kier molecular flexibility index (Phi) is 3.46. The lowest BCUT2D eigenvalue weighted by molar-refractivity contribution is 0.983. The highest BCUT2D eigenvalue weighted by Crippen LogP contribution is 2.20. The maximum atomic E-state index is 5.20. The predicted octanol–water partition coefficient (Wildman–Crippen LogP) is 3.53. The highest BCUT2D eigenvalue weighted by molar-refractivity contribution is 9.10. The van der Waals surface area contributed by atoms with Crippen molar-refractivity contribution in [3.05, 3.63) is 39.3 Å². The van der Waals surface area contributed by atoms with Crippen LogP contribution < -0.4 is 0 Å². The molecule has 0 saturated heterocycles. The van der Waals surface area contributed by atoms with Gasteiger partial charge in [-0.2, -0.15) is 0 Å². The van der Waals surface area contributed by atoms with Crippen LogP contribution >= 0.6 is 28.1 Å². The molecule has 0 amide bonds. The number of aromatic nitrogens is 3. The molecule has 0 aromatic carbocycles. The van der Waals surface area contributed by atoms with E-state index in [9.17, 15) is 0 Å². The smallest absolute Gasteiger partial charge is 0.144 e. The molecule has 0 aliphatic rings. The molecule has 2 aromatic heterocycles. The maximum absolute atomic E-state index is 5.20. The van der Waals surface area contributed by atoms with E-state index >= 15 is 0 Å². The van der Waals surface area contributed by atoms with Gasteiger partial charge in [0.05, 0.1) is 4.47 Å². The molecule has 2 heterocycles. The fraction of sp³-hybridized carbons (Fsp3) is 0.182. The Morgan fingerprint density at radius 2 is 2.06 bits per heavy atom. The van der Waals surface area contributed by atoms with E-state index in [0.29, 0.717) is 4.64 Å². The van der Waals surface area contributed by atoms with Gasteiger partial charge in [0.15, 0.2) is 0 Å². The van der Waals surface area contributed by atoms with Crippen molar-refractivity contribution in [2.75, 3.05) is 0 Å². The number of rotatable bonds is 2. The average Bonchev–Trinajstić information content (AvgIpc) is 2.33. The molecule has 0 saturated carbocycles. The Morgan fingerprint density at radius 1 is 1.38 bits per heavy atom. The topological polar surface area (TPSA) is 41.6 Å². The van der Waals surface area contributed by atoms with Crippen molar-refractivity contribution >= 4 is 28.1 Å². The van der Waals surface area contributed by atoms with Gasteiger partial charge in [-0.3, -0.25) is 4.98 Å². The van der Waals surface area contributed by atoms with Crippen molar-refractivity contribution in [2.45, 2.75) is 13.3 Å². The van der Waals surface area contributed by atoms with Crippen LogP contribution in [0.25, 0.3) is 11.4 Å². The minimum atomic E-state index is 0.586. The molecule has 0 unspecified atom stereocenters. The number of hydrogen-bond donors (Lipinski definition) is 1. The molecule has 2 rings (SSSR count). The fourth-order valence-corrected chi connectivity index (χ4v) is 2.08. The highest BCUT2D eigenvalue weighted by atomic mass is 79.9. The Balaban J connectivity index is 2.60. The van der Waals surface area contributed by atoms with Crippen molar-refractivity contribution in [3.63, 3.8) is 0 Å². The summed E-state index contributed by atoms with van der Waals surface area (Å²) in [6, 6.07) is 3.81. The lowest BCUT2D eigenvalue weighted by Gasteiger charge is -2.06. The number of nitrogens with one attached hydrogen (secondary N) is 1. The third kappa shape index (κ3) is 2.20. The summed E-state index contributed by atoms with van der Waals surface area (Å²) in [5, 5.41) is 0. The fourth-order valence-electron chi connectivity index (χ4n) is 1.40. The van der Waals surface area contributed by atoms with Gasteiger partial charge in [-0.15, -0.1) is 0 Å². The van der Waals surface area contributed by atoms with E-state index in [2.05, 4.69) is 37.8 Å². The van der Waals surface area contributed by atoms with Crippen LogP contribution in [0.1, 0.15) is 12.6 Å². The van der Waals surface area contributed by atoms with Crippen molar-refractivity contribution in [3.8, 4) is 11.4 Å². The van der Waals surface area contributed by atoms with Crippen LogP contribution in [-0.2, 0) is 6.42 Å². The Hall–Kier alpha value is -1.07. The SMILES string of the molecule is CCc1[nH]c(-c2ccncc2)nc(=S)c1Br. The second-order valence-corrected chi connectivity index (χ2v) is 4.45. The van der Waals surface area contributed by atoms with Gasteiger partial charge < -0.3 is 4.98 Å². The van der Waals surface area contributed by atoms with Gasteiger partial charge in [0.25, 0.3) is 0 Å². The standard InChI is InChI=1S/C11H10BrN3S/c1-2-8-9(12)11(16)15-10(14-8)7-3-5-13-6-4-7/h3-6H,2H2,1H3,(H,14,15,16). The Morgan fingerprint density at radius 3 is 2.69 bits per heavy atom. The van der Waals surface area contributed by atoms with Crippen LogP contribution in [0.15, 0.2) is 29.0 Å². The average molecular weight is 296 g/mol. The van der Waals surface area contributed by atoms with E-state index in [1.54, 1.807) is 12.4 Å². The normalized spacial score (nSPS) is 10.4. The lowest BCUT2D eigenvalue weighted by Crippen LogP contribution is -1.97. The quantitative estimate of drug-likeness (QED) is 0.862. The maximum Gasteiger partial charge on any atom is 0.144 e. The van der Waals surface area contributed by atoms with Crippen molar-refractivity contribution in [1.82, 2.24) is 15.0 Å². The summed E-state index contributed by atoms with van der Waals surface area (Å²) in [7, 11) is 0. The zero-order chi connectivity index (χ0) is 11.5. The van der Waals surface area contributed by atoms with Crippen molar-refractivity contribution in [1.29, 1.82) is 0 Å². The molecular formula is C11H10BrN3S. The van der Waals surface area contributed by atoms with Gasteiger partial charge >= 0.3 is 0 Å². The number of aromatic amines is 1. The van der Waals surface area contributed by atoms with Crippen molar-refractivity contribution < 1.29 is 0 Å². The molecular weight excluding hydrogens is 286 g/mol. The summed E-state index contributed by atoms with van der Waals surface area (Å²) in [4.78, 5) is 11.6. The first-order chi connectivity index (χ1) is 7.72. The third-order valence-corrected chi connectivity index (χ3v) is 3.65. The molecule has 0 fully saturated rings. The van der Waals surface area contributed by atoms with Gasteiger partial charge in [-0.05, 0) is 34.5 Å². The second kappa shape index (κ2) is 4.84. The van der Waals surface area contributed by atoms with Crippen LogP contribution in [0.2, 0.25) is 0 Å². The number of hydrogen-bond acceptors (Lipinski definition) is 3. The largest absolute Gasteiger partial charge is 0.342 e. The Bertz CT molecular complexity index is 551. The molecule has 0 radical (unpaired) electrons. The summed E-state index contributed by atoms with van der Waals surface area (Å²) in [5.41, 5.74) is 2.05. The van der Waals surface area contributed by atoms with E-state index < -0.39 is 0 Å². The summed E-state index contributed by atoms with van der Waals surface area (Å²) < 4.78 is 1.46. The molecule has 0 aliphatic carbocycles. The zero-order valence-electron chi connectivity index (χ0n) is 8.70. The van der Waals surface area contributed by atoms with Crippen LogP contribution in [0.5, 0.6) is 0 Å². The summed E-state index contributed by atoms with van der Waals surface area (Å²) >= 11 is 8.64. The number of pyridine rings is 1. The minimum Gasteiger partial charge on any atom is -0.342 e. The van der Waals surface area contributed by atoms with E-state index in [0.717, 1.165) is 28.0 Å². The molecule has 0 atom stereocenters. The molecule has 82 valence electrons. The van der Waals surface area contributed by atoms with E-state index in [1.165, 1.54) is 0 Å². The number of H-pyrrole nitrogens is 1. The molecule has 0 bridgehead atoms. The Labute approximate surface area is 107 Å². The highest BCUT2D eigenvalue weighted by Gasteiger charge is 2.05. The molecule has 16 heavy (non-hydrogen) atoms. The van der Waals surface area contributed by atoms with E-state index in [4.69, 9.17) is 12.2 Å². The van der Waals surface area contributed by atoms with Crippen molar-refractivity contribution in [2.24, 2.45) is 0 Å². The molecule has 2 aromatic rings. The molecule has 1 N–H and O–H groups in total. The third-order valence-electron chi connectivity index (χ3n) is 2.24. The number of aryl methyl sites for hydroxylation is 1. The second-order valence-electron chi connectivity index (χ2n) is 3.27. The first-order valence-corrected chi connectivity index (χ1v) is 6.11. The van der Waals surface area contributed by atoms with E-state index in [1.807, 2.05) is 12.1 Å². The number of nitrogens with zero attached hydrogens (tertiary/aromatic N) is 2. The number of halogens is 1. The summed E-state index contributed by atoms with van der Waals surface area (Å²) in [6.45, 7) is 2.07. The zero-order valence-corrected chi connectivity index (χ0v) is 11.1. The molecule has 3 nitrogen and oxygen atoms in total. The first kappa shape index (κ1) is 11.4. The molecule has 5 heteroatoms. The van der Waals surface area contributed by atoms with Crippen LogP contribution in [-0.4, -0.2) is 15.0 Å². The lowest BCUT2D eigenvalue weighted by atomic mass is 10.2. The minimum absolute atomic E-state index is 0.586.